The van der Waals surface area contributed by atoms with Gasteiger partial charge in [0, 0.05) is 24.2 Å². The highest BCUT2D eigenvalue weighted by molar-refractivity contribution is 5.57. The summed E-state index contributed by atoms with van der Waals surface area (Å²) in [6.07, 6.45) is 6.77. The van der Waals surface area contributed by atoms with Crippen LogP contribution >= 0.6 is 0 Å². The van der Waals surface area contributed by atoms with Crippen LogP contribution in [0.2, 0.25) is 0 Å². The molecule has 7 heteroatoms. The number of hydrogen-bond acceptors (Lipinski definition) is 6. The summed E-state index contributed by atoms with van der Waals surface area (Å²) >= 11 is 0. The van der Waals surface area contributed by atoms with Gasteiger partial charge in [-0.1, -0.05) is 0 Å². The normalized spacial score (nSPS) is 10.3. The molecule has 0 aliphatic carbocycles. The van der Waals surface area contributed by atoms with Crippen LogP contribution in [0.3, 0.4) is 0 Å². The number of anilines is 1. The maximum absolute atomic E-state index is 5.16. The summed E-state index contributed by atoms with van der Waals surface area (Å²) in [5.41, 5.74) is 1.79. The van der Waals surface area contributed by atoms with Crippen molar-refractivity contribution >= 4 is 5.82 Å². The van der Waals surface area contributed by atoms with Crippen molar-refractivity contribution in [1.82, 2.24) is 25.1 Å². The lowest BCUT2D eigenvalue weighted by molar-refractivity contribution is 0.413. The lowest BCUT2D eigenvalue weighted by Gasteiger charge is -2.06. The number of pyridine rings is 1. The summed E-state index contributed by atoms with van der Waals surface area (Å²) in [6.45, 7) is 0.618. The topological polar surface area (TPSA) is 88.6 Å². The molecule has 0 radical (unpaired) electrons. The number of nitrogens with zero attached hydrogens (tertiary/aromatic N) is 4. The maximum atomic E-state index is 5.16. The van der Waals surface area contributed by atoms with Gasteiger partial charge in [-0.25, -0.2) is 9.97 Å². The molecule has 0 bridgehead atoms. The third kappa shape index (κ3) is 3.14. The van der Waals surface area contributed by atoms with Crippen molar-refractivity contribution in [2.45, 2.75) is 6.54 Å². The van der Waals surface area contributed by atoms with E-state index in [1.54, 1.807) is 31.9 Å². The number of aromatic nitrogens is 5. The second-order valence-electron chi connectivity index (χ2n) is 4.31. The summed E-state index contributed by atoms with van der Waals surface area (Å²) in [5, 5.41) is 10.00. The van der Waals surface area contributed by atoms with Crippen LogP contribution in [0.1, 0.15) is 5.69 Å². The van der Waals surface area contributed by atoms with Crippen molar-refractivity contribution in [2.75, 3.05) is 12.4 Å². The Morgan fingerprint density at radius 1 is 1.24 bits per heavy atom. The molecule has 0 saturated heterocycles. The first-order valence-corrected chi connectivity index (χ1v) is 6.40. The van der Waals surface area contributed by atoms with E-state index in [2.05, 4.69) is 30.5 Å². The summed E-state index contributed by atoms with van der Waals surface area (Å²) in [7, 11) is 1.60. The van der Waals surface area contributed by atoms with Crippen LogP contribution in [0.15, 0.2) is 43.0 Å². The zero-order valence-electron chi connectivity index (χ0n) is 11.4. The van der Waals surface area contributed by atoms with Crippen molar-refractivity contribution < 1.29 is 4.74 Å². The van der Waals surface area contributed by atoms with Crippen LogP contribution < -0.4 is 10.1 Å². The first-order valence-electron chi connectivity index (χ1n) is 6.40. The average molecular weight is 282 g/mol. The van der Waals surface area contributed by atoms with Gasteiger partial charge in [-0.2, -0.15) is 5.10 Å². The molecule has 0 amide bonds. The fraction of sp³-hybridized carbons (Fsp3) is 0.143. The molecule has 0 aliphatic heterocycles. The minimum absolute atomic E-state index is 0.594. The fourth-order valence-electron chi connectivity index (χ4n) is 1.82. The minimum Gasteiger partial charge on any atom is -0.495 e. The second kappa shape index (κ2) is 6.00. The van der Waals surface area contributed by atoms with E-state index >= 15 is 0 Å². The Hall–Kier alpha value is -2.96. The third-order valence-electron chi connectivity index (χ3n) is 2.88. The molecule has 0 fully saturated rings. The van der Waals surface area contributed by atoms with Gasteiger partial charge in [-0.15, -0.1) is 0 Å². The van der Waals surface area contributed by atoms with Crippen molar-refractivity contribution in [3.8, 4) is 17.1 Å². The number of methoxy groups -OCH3 is 1. The second-order valence-corrected chi connectivity index (χ2v) is 4.31. The molecule has 2 N–H and O–H groups in total. The van der Waals surface area contributed by atoms with E-state index in [4.69, 9.17) is 4.74 Å². The molecule has 3 aromatic heterocycles. The molecule has 0 unspecified atom stereocenters. The Kier molecular flexibility index (Phi) is 3.72. The smallest absolute Gasteiger partial charge is 0.163 e. The predicted octanol–water partition coefficient (Wildman–Crippen LogP) is 1.88. The lowest BCUT2D eigenvalue weighted by Crippen LogP contribution is -2.03. The van der Waals surface area contributed by atoms with Gasteiger partial charge in [-0.05, 0) is 18.2 Å². The van der Waals surface area contributed by atoms with E-state index in [1.165, 1.54) is 0 Å². The molecular weight excluding hydrogens is 268 g/mol. The molecular formula is C14H14N6O. The molecule has 0 atom stereocenters. The Labute approximate surface area is 121 Å². The van der Waals surface area contributed by atoms with E-state index < -0.39 is 0 Å². The van der Waals surface area contributed by atoms with E-state index in [0.717, 1.165) is 17.1 Å². The third-order valence-corrected chi connectivity index (χ3v) is 2.88. The van der Waals surface area contributed by atoms with Crippen LogP contribution in [0.4, 0.5) is 5.82 Å². The fourth-order valence-corrected chi connectivity index (χ4v) is 1.82. The molecule has 0 saturated carbocycles. The summed E-state index contributed by atoms with van der Waals surface area (Å²) in [4.78, 5) is 12.8. The zero-order valence-corrected chi connectivity index (χ0v) is 11.4. The highest BCUT2D eigenvalue weighted by Crippen LogP contribution is 2.20. The van der Waals surface area contributed by atoms with Gasteiger partial charge in [0.25, 0.3) is 0 Å². The van der Waals surface area contributed by atoms with Gasteiger partial charge in [0.05, 0.1) is 25.5 Å². The first kappa shape index (κ1) is 13.0. The van der Waals surface area contributed by atoms with E-state index in [0.29, 0.717) is 18.1 Å². The highest BCUT2D eigenvalue weighted by Gasteiger charge is 2.05. The van der Waals surface area contributed by atoms with Crippen molar-refractivity contribution in [3.05, 3.63) is 48.7 Å². The van der Waals surface area contributed by atoms with Gasteiger partial charge >= 0.3 is 0 Å². The number of ether oxygens (including phenoxy) is 1. The molecule has 106 valence electrons. The molecule has 3 aromatic rings. The Bertz CT molecular complexity index is 713. The number of H-pyrrole nitrogens is 1. The molecule has 21 heavy (non-hydrogen) atoms. The van der Waals surface area contributed by atoms with Crippen LogP contribution in [-0.2, 0) is 6.54 Å². The number of hydrogen-bond donors (Lipinski definition) is 2. The van der Waals surface area contributed by atoms with Gasteiger partial charge in [0.15, 0.2) is 5.82 Å². The van der Waals surface area contributed by atoms with Gasteiger partial charge in [0.1, 0.15) is 11.6 Å². The number of aromatic amines is 1. The van der Waals surface area contributed by atoms with Gasteiger partial charge in [-0.3, -0.25) is 10.1 Å². The quantitative estimate of drug-likeness (QED) is 0.742. The summed E-state index contributed by atoms with van der Waals surface area (Å²) in [5.74, 6) is 2.00. The minimum atomic E-state index is 0.594. The first-order chi connectivity index (χ1) is 10.3. The molecule has 0 aliphatic rings. The molecule has 0 aromatic carbocycles. The zero-order chi connectivity index (χ0) is 14.5. The van der Waals surface area contributed by atoms with Crippen LogP contribution in [0.25, 0.3) is 11.4 Å². The Balaban J connectivity index is 1.79. The van der Waals surface area contributed by atoms with E-state index in [9.17, 15) is 0 Å². The maximum Gasteiger partial charge on any atom is 0.163 e. The van der Waals surface area contributed by atoms with Crippen LogP contribution in [0, 0.1) is 0 Å². The lowest BCUT2D eigenvalue weighted by atomic mass is 10.2. The molecule has 3 rings (SSSR count). The monoisotopic (exact) mass is 282 g/mol. The average Bonchev–Trinajstić information content (AvgIpc) is 3.07. The highest BCUT2D eigenvalue weighted by atomic mass is 16.5. The molecule has 0 spiro atoms. The van der Waals surface area contributed by atoms with Crippen molar-refractivity contribution in [2.24, 2.45) is 0 Å². The van der Waals surface area contributed by atoms with E-state index in [1.807, 2.05) is 18.2 Å². The molecule has 7 nitrogen and oxygen atoms in total. The van der Waals surface area contributed by atoms with Crippen molar-refractivity contribution in [1.29, 1.82) is 0 Å². The number of rotatable bonds is 5. The summed E-state index contributed by atoms with van der Waals surface area (Å²) in [6, 6.07) is 5.57. The molecule has 3 heterocycles. The van der Waals surface area contributed by atoms with Gasteiger partial charge in [0.2, 0.25) is 0 Å². The Morgan fingerprint density at radius 2 is 2.19 bits per heavy atom. The largest absolute Gasteiger partial charge is 0.495 e. The van der Waals surface area contributed by atoms with E-state index in [-0.39, 0.29) is 0 Å². The Morgan fingerprint density at radius 3 is 3.00 bits per heavy atom. The SMILES string of the molecule is COc1cncc(-c2nccc(NCc3ccn[nH]3)n2)c1. The van der Waals surface area contributed by atoms with Crippen LogP contribution in [-0.4, -0.2) is 32.3 Å². The standard InChI is InChI=1S/C14H14N6O/c1-21-12-6-10(7-15-9-12)14-16-4-3-13(19-14)17-8-11-2-5-18-20-11/h2-7,9H,8H2,1H3,(H,18,20)(H,16,17,19). The van der Waals surface area contributed by atoms with Crippen molar-refractivity contribution in [3.63, 3.8) is 0 Å². The van der Waals surface area contributed by atoms with Crippen LogP contribution in [0.5, 0.6) is 5.75 Å². The van der Waals surface area contributed by atoms with Gasteiger partial charge < -0.3 is 10.1 Å². The predicted molar refractivity (Wildman–Crippen MR) is 77.7 cm³/mol. The number of nitrogens with one attached hydrogen (secondary N) is 2. The summed E-state index contributed by atoms with van der Waals surface area (Å²) < 4.78 is 5.16.